The van der Waals surface area contributed by atoms with E-state index in [0.29, 0.717) is 11.3 Å². The fourth-order valence-corrected chi connectivity index (χ4v) is 2.59. The highest BCUT2D eigenvalue weighted by Gasteiger charge is 2.14. The zero-order valence-electron chi connectivity index (χ0n) is 12.9. The summed E-state index contributed by atoms with van der Waals surface area (Å²) >= 11 is 0. The van der Waals surface area contributed by atoms with Gasteiger partial charge in [0.2, 0.25) is 10.0 Å². The van der Waals surface area contributed by atoms with Gasteiger partial charge in [-0.15, -0.1) is 0 Å². The van der Waals surface area contributed by atoms with Crippen LogP contribution in [0.3, 0.4) is 0 Å². The highest BCUT2D eigenvalue weighted by molar-refractivity contribution is 7.89. The summed E-state index contributed by atoms with van der Waals surface area (Å²) in [7, 11) is -2.44. The SMILES string of the molecule is CCc1ccc(C(=O)Nc2cc(S(N)(=O)=O)ccc2OC)cc1. The number of benzene rings is 2. The standard InChI is InChI=1S/C16H18N2O4S/c1-3-11-4-6-12(7-5-11)16(19)18-14-10-13(23(17,20)21)8-9-15(14)22-2/h4-10H,3H2,1-2H3,(H,18,19)(H2,17,20,21). The second-order valence-corrected chi connectivity index (χ2v) is 6.47. The normalized spacial score (nSPS) is 11.1. The van der Waals surface area contributed by atoms with Crippen LogP contribution >= 0.6 is 0 Å². The highest BCUT2D eigenvalue weighted by Crippen LogP contribution is 2.27. The molecule has 2 aromatic carbocycles. The van der Waals surface area contributed by atoms with E-state index < -0.39 is 10.0 Å². The molecule has 0 heterocycles. The number of nitrogens with one attached hydrogen (secondary N) is 1. The third-order valence-corrected chi connectivity index (χ3v) is 4.28. The summed E-state index contributed by atoms with van der Waals surface area (Å²) in [5.74, 6) is -0.0200. The van der Waals surface area contributed by atoms with Crippen LogP contribution in [0.1, 0.15) is 22.8 Å². The Balaban J connectivity index is 2.31. The van der Waals surface area contributed by atoms with Crippen LogP contribution in [0.2, 0.25) is 0 Å². The van der Waals surface area contributed by atoms with Gasteiger partial charge in [0.05, 0.1) is 17.7 Å². The number of carbonyl (C=O) groups excluding carboxylic acids is 1. The van der Waals surface area contributed by atoms with E-state index in [1.54, 1.807) is 12.1 Å². The molecular weight excluding hydrogens is 316 g/mol. The lowest BCUT2D eigenvalue weighted by Gasteiger charge is -2.12. The quantitative estimate of drug-likeness (QED) is 0.875. The number of nitrogens with two attached hydrogens (primary N) is 1. The molecule has 2 rings (SSSR count). The second-order valence-electron chi connectivity index (χ2n) is 4.91. The Hall–Kier alpha value is -2.38. The molecular formula is C16H18N2O4S. The molecule has 7 heteroatoms. The summed E-state index contributed by atoms with van der Waals surface area (Å²) in [4.78, 5) is 12.2. The maximum Gasteiger partial charge on any atom is 0.255 e. The molecule has 0 spiro atoms. The van der Waals surface area contributed by atoms with E-state index in [4.69, 9.17) is 9.88 Å². The maximum atomic E-state index is 12.3. The minimum absolute atomic E-state index is 0.102. The van der Waals surface area contributed by atoms with E-state index in [9.17, 15) is 13.2 Å². The van der Waals surface area contributed by atoms with Gasteiger partial charge in [-0.05, 0) is 42.3 Å². The maximum absolute atomic E-state index is 12.3. The topological polar surface area (TPSA) is 98.5 Å². The molecule has 0 fully saturated rings. The zero-order valence-corrected chi connectivity index (χ0v) is 13.7. The Labute approximate surface area is 135 Å². The summed E-state index contributed by atoms with van der Waals surface area (Å²) in [6.45, 7) is 2.03. The number of hydrogen-bond donors (Lipinski definition) is 2. The Kier molecular flexibility index (Phi) is 5.02. The fraction of sp³-hybridized carbons (Fsp3) is 0.188. The molecule has 0 unspecified atom stereocenters. The van der Waals surface area contributed by atoms with E-state index in [1.807, 2.05) is 19.1 Å². The molecule has 0 saturated heterocycles. The van der Waals surface area contributed by atoms with Crippen LogP contribution in [0, 0.1) is 0 Å². The van der Waals surface area contributed by atoms with Crippen molar-refractivity contribution in [3.05, 3.63) is 53.6 Å². The average Bonchev–Trinajstić information content (AvgIpc) is 2.54. The number of sulfonamides is 1. The van der Waals surface area contributed by atoms with Crippen LogP contribution in [0.4, 0.5) is 5.69 Å². The van der Waals surface area contributed by atoms with Crippen LogP contribution in [0.15, 0.2) is 47.4 Å². The van der Waals surface area contributed by atoms with Crippen LogP contribution in [-0.2, 0) is 16.4 Å². The van der Waals surface area contributed by atoms with Gasteiger partial charge in [0, 0.05) is 5.56 Å². The molecule has 0 saturated carbocycles. The Bertz CT molecular complexity index is 814. The molecule has 1 amide bonds. The van der Waals surface area contributed by atoms with Crippen LogP contribution in [-0.4, -0.2) is 21.4 Å². The van der Waals surface area contributed by atoms with Gasteiger partial charge in [-0.2, -0.15) is 0 Å². The molecule has 0 aliphatic heterocycles. The van der Waals surface area contributed by atoms with Gasteiger partial charge in [-0.1, -0.05) is 19.1 Å². The molecule has 3 N–H and O–H groups in total. The largest absolute Gasteiger partial charge is 0.495 e. The van der Waals surface area contributed by atoms with Crippen LogP contribution in [0.25, 0.3) is 0 Å². The average molecular weight is 334 g/mol. The molecule has 122 valence electrons. The summed E-state index contributed by atoms with van der Waals surface area (Å²) < 4.78 is 28.0. The van der Waals surface area contributed by atoms with Gasteiger partial charge >= 0.3 is 0 Å². The number of carbonyl (C=O) groups is 1. The molecule has 0 aliphatic carbocycles. The summed E-state index contributed by atoms with van der Waals surface area (Å²) in [5.41, 5.74) is 1.82. The third-order valence-electron chi connectivity index (χ3n) is 3.37. The number of hydrogen-bond acceptors (Lipinski definition) is 4. The van der Waals surface area contributed by atoms with Crippen molar-refractivity contribution in [3.8, 4) is 5.75 Å². The smallest absolute Gasteiger partial charge is 0.255 e. The van der Waals surface area contributed by atoms with Crippen molar-refractivity contribution >= 4 is 21.6 Å². The molecule has 0 aromatic heterocycles. The lowest BCUT2D eigenvalue weighted by atomic mass is 10.1. The van der Waals surface area contributed by atoms with Crippen molar-refractivity contribution < 1.29 is 17.9 Å². The monoisotopic (exact) mass is 334 g/mol. The predicted octanol–water partition coefficient (Wildman–Crippen LogP) is 2.16. The number of anilines is 1. The van der Waals surface area contributed by atoms with E-state index in [2.05, 4.69) is 5.32 Å². The van der Waals surface area contributed by atoms with Crippen molar-refractivity contribution in [2.24, 2.45) is 5.14 Å². The Morgan fingerprint density at radius 3 is 2.35 bits per heavy atom. The van der Waals surface area contributed by atoms with Gasteiger partial charge in [-0.25, -0.2) is 13.6 Å². The number of rotatable bonds is 5. The van der Waals surface area contributed by atoms with Crippen molar-refractivity contribution in [2.45, 2.75) is 18.2 Å². The minimum Gasteiger partial charge on any atom is -0.495 e. The highest BCUT2D eigenvalue weighted by atomic mass is 32.2. The second kappa shape index (κ2) is 6.80. The first-order chi connectivity index (χ1) is 10.8. The predicted molar refractivity (Wildman–Crippen MR) is 88.1 cm³/mol. The minimum atomic E-state index is -3.87. The van der Waals surface area contributed by atoms with Crippen molar-refractivity contribution in [2.75, 3.05) is 12.4 Å². The zero-order chi connectivity index (χ0) is 17.0. The van der Waals surface area contributed by atoms with Gasteiger partial charge in [-0.3, -0.25) is 4.79 Å². The van der Waals surface area contributed by atoms with E-state index in [-0.39, 0.29) is 16.5 Å². The third kappa shape index (κ3) is 4.08. The Morgan fingerprint density at radius 2 is 1.83 bits per heavy atom. The number of amides is 1. The lowest BCUT2D eigenvalue weighted by Crippen LogP contribution is -2.15. The molecule has 6 nitrogen and oxygen atoms in total. The van der Waals surface area contributed by atoms with Gasteiger partial charge in [0.1, 0.15) is 5.75 Å². The molecule has 0 bridgehead atoms. The molecule has 0 aliphatic rings. The van der Waals surface area contributed by atoms with Gasteiger partial charge in [0.15, 0.2) is 0 Å². The summed E-state index contributed by atoms with van der Waals surface area (Å²) in [6, 6.07) is 11.2. The van der Waals surface area contributed by atoms with Crippen molar-refractivity contribution in [1.82, 2.24) is 0 Å². The summed E-state index contributed by atoms with van der Waals surface area (Å²) in [5, 5.41) is 7.75. The first kappa shape index (κ1) is 17.0. The first-order valence-electron chi connectivity index (χ1n) is 6.96. The first-order valence-corrected chi connectivity index (χ1v) is 8.51. The fourth-order valence-electron chi connectivity index (χ4n) is 2.05. The van der Waals surface area contributed by atoms with E-state index >= 15 is 0 Å². The van der Waals surface area contributed by atoms with Crippen LogP contribution in [0.5, 0.6) is 5.75 Å². The van der Waals surface area contributed by atoms with E-state index in [1.165, 1.54) is 25.3 Å². The van der Waals surface area contributed by atoms with Gasteiger partial charge in [0.25, 0.3) is 5.91 Å². The van der Waals surface area contributed by atoms with E-state index in [0.717, 1.165) is 12.0 Å². The number of aryl methyl sites for hydroxylation is 1. The number of primary sulfonamides is 1. The van der Waals surface area contributed by atoms with Gasteiger partial charge < -0.3 is 10.1 Å². The van der Waals surface area contributed by atoms with Crippen molar-refractivity contribution in [1.29, 1.82) is 0 Å². The lowest BCUT2D eigenvalue weighted by molar-refractivity contribution is 0.102. The Morgan fingerprint density at radius 1 is 1.17 bits per heavy atom. The van der Waals surface area contributed by atoms with Crippen LogP contribution < -0.4 is 15.2 Å². The summed E-state index contributed by atoms with van der Waals surface area (Å²) in [6.07, 6.45) is 0.881. The van der Waals surface area contributed by atoms with Crippen molar-refractivity contribution in [3.63, 3.8) is 0 Å². The number of ether oxygens (including phenoxy) is 1. The molecule has 0 radical (unpaired) electrons. The molecule has 2 aromatic rings. The number of methoxy groups -OCH3 is 1. The molecule has 23 heavy (non-hydrogen) atoms. The molecule has 0 atom stereocenters.